The van der Waals surface area contributed by atoms with E-state index in [0.717, 1.165) is 0 Å². The Bertz CT molecular complexity index is 443. The van der Waals surface area contributed by atoms with E-state index in [1.54, 1.807) is 11.3 Å². The number of amides is 2. The Morgan fingerprint density at radius 2 is 2.15 bits per heavy atom. The Balaban J connectivity index is 2.48. The van der Waals surface area contributed by atoms with Crippen LogP contribution in [-0.4, -0.2) is 29.7 Å². The molecule has 0 aliphatic rings. The zero-order chi connectivity index (χ0) is 15.2. The van der Waals surface area contributed by atoms with Crippen molar-refractivity contribution in [1.29, 1.82) is 0 Å². The fourth-order valence-electron chi connectivity index (χ4n) is 1.81. The maximum absolute atomic E-state index is 11.8. The van der Waals surface area contributed by atoms with Crippen LogP contribution in [0.25, 0.3) is 0 Å². The first-order valence-electron chi connectivity index (χ1n) is 6.68. The van der Waals surface area contributed by atoms with Gasteiger partial charge in [0, 0.05) is 16.8 Å². The van der Waals surface area contributed by atoms with Gasteiger partial charge in [-0.3, -0.25) is 0 Å². The molecule has 0 fully saturated rings. The van der Waals surface area contributed by atoms with Gasteiger partial charge < -0.3 is 15.7 Å². The van der Waals surface area contributed by atoms with Gasteiger partial charge in [-0.25, -0.2) is 9.59 Å². The van der Waals surface area contributed by atoms with Crippen molar-refractivity contribution in [2.75, 3.05) is 6.54 Å². The number of urea groups is 1. The Labute approximate surface area is 123 Å². The van der Waals surface area contributed by atoms with Crippen molar-refractivity contribution in [3.05, 3.63) is 22.4 Å². The number of hydrogen-bond donors (Lipinski definition) is 3. The second-order valence-electron chi connectivity index (χ2n) is 5.37. The third-order valence-electron chi connectivity index (χ3n) is 3.06. The lowest BCUT2D eigenvalue weighted by Gasteiger charge is -2.24. The Morgan fingerprint density at radius 3 is 2.65 bits per heavy atom. The van der Waals surface area contributed by atoms with E-state index in [1.165, 1.54) is 4.88 Å². The third-order valence-corrected chi connectivity index (χ3v) is 4.30. The number of carboxylic acid groups (broad SMARTS) is 1. The fourth-order valence-corrected chi connectivity index (χ4v) is 2.66. The summed E-state index contributed by atoms with van der Waals surface area (Å²) in [6.45, 7) is 6.42. The summed E-state index contributed by atoms with van der Waals surface area (Å²) in [6, 6.07) is 2.74. The van der Waals surface area contributed by atoms with E-state index >= 15 is 0 Å². The molecule has 2 amide bonds. The Morgan fingerprint density at radius 1 is 1.45 bits per heavy atom. The number of nitrogens with one attached hydrogen (secondary N) is 2. The van der Waals surface area contributed by atoms with E-state index < -0.39 is 18.0 Å². The third kappa shape index (κ3) is 4.85. The Kier molecular flexibility index (Phi) is 6.01. The van der Waals surface area contributed by atoms with Gasteiger partial charge in [0.1, 0.15) is 6.04 Å². The molecule has 0 aromatic carbocycles. The maximum Gasteiger partial charge on any atom is 0.326 e. The number of aliphatic carboxylic acids is 1. The lowest BCUT2D eigenvalue weighted by Crippen LogP contribution is -2.48. The minimum Gasteiger partial charge on any atom is -0.480 e. The molecule has 20 heavy (non-hydrogen) atoms. The minimum atomic E-state index is -1.00. The average molecular weight is 298 g/mol. The molecule has 3 N–H and O–H groups in total. The molecule has 1 rings (SSSR count). The number of thiophene rings is 1. The van der Waals surface area contributed by atoms with Crippen LogP contribution in [0.3, 0.4) is 0 Å². The van der Waals surface area contributed by atoms with Gasteiger partial charge in [0.25, 0.3) is 0 Å². The van der Waals surface area contributed by atoms with Crippen molar-refractivity contribution in [2.24, 2.45) is 0 Å². The molecule has 0 aliphatic carbocycles. The van der Waals surface area contributed by atoms with Crippen molar-refractivity contribution < 1.29 is 14.7 Å². The summed E-state index contributed by atoms with van der Waals surface area (Å²) in [5.74, 6) is -1.00. The Hall–Kier alpha value is -1.56. The van der Waals surface area contributed by atoms with Crippen LogP contribution < -0.4 is 10.6 Å². The summed E-state index contributed by atoms with van der Waals surface area (Å²) in [5.41, 5.74) is -0.172. The number of carbonyl (C=O) groups is 2. The second-order valence-corrected chi connectivity index (χ2v) is 6.32. The number of rotatable bonds is 7. The highest BCUT2D eigenvalue weighted by Gasteiger charge is 2.24. The van der Waals surface area contributed by atoms with Crippen LogP contribution in [-0.2, 0) is 10.2 Å². The fraction of sp³-hybridized carbons (Fsp3) is 0.571. The van der Waals surface area contributed by atoms with Gasteiger partial charge in [0.15, 0.2) is 0 Å². The van der Waals surface area contributed by atoms with E-state index in [0.29, 0.717) is 19.4 Å². The van der Waals surface area contributed by atoms with Crippen molar-refractivity contribution in [3.8, 4) is 0 Å². The monoisotopic (exact) mass is 298 g/mol. The molecule has 0 spiro atoms. The van der Waals surface area contributed by atoms with E-state index in [9.17, 15) is 9.59 Å². The van der Waals surface area contributed by atoms with E-state index in [1.807, 2.05) is 38.3 Å². The molecule has 0 saturated heterocycles. The first-order chi connectivity index (χ1) is 9.36. The van der Waals surface area contributed by atoms with E-state index in [4.69, 9.17) is 5.11 Å². The molecule has 1 aromatic heterocycles. The minimum absolute atomic E-state index is 0.172. The van der Waals surface area contributed by atoms with Crippen molar-refractivity contribution >= 4 is 23.3 Å². The molecule has 112 valence electrons. The predicted octanol–water partition coefficient (Wildman–Crippen LogP) is 2.58. The summed E-state index contributed by atoms with van der Waals surface area (Å²) in [5, 5.41) is 16.2. The summed E-state index contributed by atoms with van der Waals surface area (Å²) < 4.78 is 0. The van der Waals surface area contributed by atoms with Gasteiger partial charge in [-0.15, -0.1) is 11.3 Å². The smallest absolute Gasteiger partial charge is 0.326 e. The van der Waals surface area contributed by atoms with Crippen molar-refractivity contribution in [2.45, 2.75) is 45.1 Å². The molecular weight excluding hydrogens is 276 g/mol. The number of hydrogen-bond acceptors (Lipinski definition) is 3. The van der Waals surface area contributed by atoms with Crippen LogP contribution in [0.4, 0.5) is 4.79 Å². The van der Waals surface area contributed by atoms with Crippen LogP contribution in [0.2, 0.25) is 0 Å². The molecule has 6 heteroatoms. The molecule has 0 saturated carbocycles. The van der Waals surface area contributed by atoms with Gasteiger partial charge in [0.05, 0.1) is 0 Å². The summed E-state index contributed by atoms with van der Waals surface area (Å²) in [6.07, 6.45) is 1.13. The molecule has 1 aromatic rings. The van der Waals surface area contributed by atoms with Gasteiger partial charge in [-0.05, 0) is 17.9 Å². The van der Waals surface area contributed by atoms with Crippen LogP contribution >= 0.6 is 11.3 Å². The van der Waals surface area contributed by atoms with Gasteiger partial charge in [-0.2, -0.15) is 0 Å². The predicted molar refractivity (Wildman–Crippen MR) is 80.2 cm³/mol. The highest BCUT2D eigenvalue weighted by Crippen LogP contribution is 2.26. The zero-order valence-electron chi connectivity index (χ0n) is 12.1. The molecule has 1 atom stereocenters. The molecule has 0 unspecified atom stereocenters. The van der Waals surface area contributed by atoms with Gasteiger partial charge in [-0.1, -0.05) is 33.3 Å². The normalized spacial score (nSPS) is 12.8. The van der Waals surface area contributed by atoms with E-state index in [-0.39, 0.29) is 5.41 Å². The molecule has 0 bridgehead atoms. The van der Waals surface area contributed by atoms with Crippen molar-refractivity contribution in [1.82, 2.24) is 10.6 Å². The highest BCUT2D eigenvalue weighted by atomic mass is 32.1. The molecular formula is C14H22N2O3S. The largest absolute Gasteiger partial charge is 0.480 e. The zero-order valence-corrected chi connectivity index (χ0v) is 12.9. The second kappa shape index (κ2) is 7.28. The highest BCUT2D eigenvalue weighted by molar-refractivity contribution is 7.10. The lowest BCUT2D eigenvalue weighted by atomic mass is 9.91. The van der Waals surface area contributed by atoms with Crippen LogP contribution in [0.15, 0.2) is 17.5 Å². The quantitative estimate of drug-likeness (QED) is 0.724. The average Bonchev–Trinajstić information content (AvgIpc) is 2.90. The van der Waals surface area contributed by atoms with Crippen LogP contribution in [0.1, 0.15) is 38.5 Å². The maximum atomic E-state index is 11.8. The standard InChI is InChI=1S/C14H22N2O3S/c1-4-6-10(12(17)18)16-13(19)15-9-14(2,3)11-7-5-8-20-11/h5,7-8,10H,4,6,9H2,1-3H3,(H,17,18)(H2,15,16,19)/t10-/m1/s1. The first-order valence-corrected chi connectivity index (χ1v) is 7.56. The first kappa shape index (κ1) is 16.5. The molecule has 5 nitrogen and oxygen atoms in total. The van der Waals surface area contributed by atoms with Crippen LogP contribution in [0, 0.1) is 0 Å². The number of carboxylic acids is 1. The molecule has 0 aliphatic heterocycles. The van der Waals surface area contributed by atoms with Crippen molar-refractivity contribution in [3.63, 3.8) is 0 Å². The molecule has 0 radical (unpaired) electrons. The van der Waals surface area contributed by atoms with Gasteiger partial charge in [0.2, 0.25) is 0 Å². The molecule has 1 heterocycles. The van der Waals surface area contributed by atoms with Gasteiger partial charge >= 0.3 is 12.0 Å². The summed E-state index contributed by atoms with van der Waals surface area (Å²) in [4.78, 5) is 23.9. The summed E-state index contributed by atoms with van der Waals surface area (Å²) >= 11 is 1.64. The topological polar surface area (TPSA) is 78.4 Å². The van der Waals surface area contributed by atoms with E-state index in [2.05, 4.69) is 10.6 Å². The van der Waals surface area contributed by atoms with Crippen LogP contribution in [0.5, 0.6) is 0 Å². The number of carbonyl (C=O) groups excluding carboxylic acids is 1. The SMILES string of the molecule is CCC[C@@H](NC(=O)NCC(C)(C)c1cccs1)C(=O)O. The lowest BCUT2D eigenvalue weighted by molar-refractivity contribution is -0.139. The summed E-state index contributed by atoms with van der Waals surface area (Å²) in [7, 11) is 0.